The van der Waals surface area contributed by atoms with E-state index in [1.165, 1.54) is 5.69 Å². The van der Waals surface area contributed by atoms with Crippen molar-refractivity contribution in [2.24, 2.45) is 0 Å². The van der Waals surface area contributed by atoms with Crippen LogP contribution < -0.4 is 15.1 Å². The number of hydrogen-bond acceptors (Lipinski definition) is 3. The lowest BCUT2D eigenvalue weighted by atomic mass is 10.0. The molecular weight excluding hydrogens is 326 g/mol. The van der Waals surface area contributed by atoms with E-state index in [4.69, 9.17) is 0 Å². The van der Waals surface area contributed by atoms with Gasteiger partial charge in [-0.2, -0.15) is 0 Å². The Hall–Kier alpha value is -3.02. The number of aromatic amines is 1. The van der Waals surface area contributed by atoms with Gasteiger partial charge in [0.25, 0.3) is 0 Å². The van der Waals surface area contributed by atoms with Crippen molar-refractivity contribution in [2.75, 3.05) is 29.9 Å². The Morgan fingerprint density at radius 1 is 1.23 bits per heavy atom. The molecule has 1 aromatic heterocycles. The van der Waals surface area contributed by atoms with Crippen molar-refractivity contribution in [3.63, 3.8) is 0 Å². The van der Waals surface area contributed by atoms with Gasteiger partial charge in [-0.15, -0.1) is 0 Å². The topological polar surface area (TPSA) is 64.3 Å². The molecule has 0 bridgehead atoms. The molecule has 1 atom stereocenters. The number of urea groups is 1. The number of fused-ring (bicyclic) bond motifs is 1. The van der Waals surface area contributed by atoms with Crippen LogP contribution in [0.1, 0.15) is 24.9 Å². The highest BCUT2D eigenvalue weighted by Crippen LogP contribution is 2.32. The Balaban J connectivity index is 1.63. The van der Waals surface area contributed by atoms with Gasteiger partial charge >= 0.3 is 6.03 Å². The van der Waals surface area contributed by atoms with Crippen molar-refractivity contribution in [2.45, 2.75) is 19.4 Å². The number of nitrogens with zero attached hydrogens (tertiary/aromatic N) is 3. The molecule has 0 saturated carbocycles. The molecule has 4 rings (SSSR count). The summed E-state index contributed by atoms with van der Waals surface area (Å²) in [7, 11) is 2.10. The summed E-state index contributed by atoms with van der Waals surface area (Å²) in [5, 5.41) is 2.97. The van der Waals surface area contributed by atoms with Crippen molar-refractivity contribution in [1.82, 2.24) is 15.3 Å². The summed E-state index contributed by atoms with van der Waals surface area (Å²) in [6, 6.07) is 14.3. The van der Waals surface area contributed by atoms with E-state index in [9.17, 15) is 4.79 Å². The Morgan fingerprint density at radius 2 is 2.04 bits per heavy atom. The van der Waals surface area contributed by atoms with Gasteiger partial charge in [-0.25, -0.2) is 9.78 Å². The molecule has 2 amide bonds. The molecule has 1 fully saturated rings. The second kappa shape index (κ2) is 6.71. The predicted molar refractivity (Wildman–Crippen MR) is 105 cm³/mol. The summed E-state index contributed by atoms with van der Waals surface area (Å²) < 4.78 is 0. The number of aromatic nitrogens is 2. The van der Waals surface area contributed by atoms with Crippen LogP contribution in [0.2, 0.25) is 0 Å². The van der Waals surface area contributed by atoms with Crippen LogP contribution in [0.25, 0.3) is 11.0 Å². The molecule has 1 unspecified atom stereocenters. The number of benzene rings is 2. The van der Waals surface area contributed by atoms with Gasteiger partial charge in [0.15, 0.2) is 0 Å². The summed E-state index contributed by atoms with van der Waals surface area (Å²) >= 11 is 0. The first kappa shape index (κ1) is 16.4. The van der Waals surface area contributed by atoms with Crippen molar-refractivity contribution < 1.29 is 4.79 Å². The average molecular weight is 349 g/mol. The molecule has 6 nitrogen and oxygen atoms in total. The third-order valence-corrected chi connectivity index (χ3v) is 4.94. The largest absolute Gasteiger partial charge is 0.375 e. The Morgan fingerprint density at radius 3 is 2.81 bits per heavy atom. The molecule has 6 heteroatoms. The summed E-state index contributed by atoms with van der Waals surface area (Å²) in [5.41, 5.74) is 5.01. The lowest BCUT2D eigenvalue weighted by Crippen LogP contribution is -2.29. The molecule has 2 aromatic carbocycles. The fourth-order valence-corrected chi connectivity index (χ4v) is 3.55. The second-order valence-electron chi connectivity index (χ2n) is 6.69. The lowest BCUT2D eigenvalue weighted by molar-refractivity contribution is 0.251. The molecular formula is C20H23N5O. The molecule has 1 aliphatic rings. The molecule has 3 aromatic rings. The van der Waals surface area contributed by atoms with Gasteiger partial charge in [0, 0.05) is 31.5 Å². The van der Waals surface area contributed by atoms with Gasteiger partial charge in [0.05, 0.1) is 23.4 Å². The first-order valence-electron chi connectivity index (χ1n) is 8.98. The summed E-state index contributed by atoms with van der Waals surface area (Å²) in [4.78, 5) is 23.9. The number of nitrogens with one attached hydrogen (secondary N) is 2. The monoisotopic (exact) mass is 349 g/mol. The van der Waals surface area contributed by atoms with E-state index in [1.54, 1.807) is 6.33 Å². The van der Waals surface area contributed by atoms with Crippen LogP contribution in [0.15, 0.2) is 48.8 Å². The van der Waals surface area contributed by atoms with Gasteiger partial charge in [0.2, 0.25) is 0 Å². The highest BCUT2D eigenvalue weighted by atomic mass is 16.2. The standard InChI is InChI=1S/C20H23N5O/c1-3-10-24(2)15-6-4-14(5-7-15)19-12-21-20(26)25(19)16-8-9-17-18(11-16)23-13-22-17/h4-9,11,13,19H,3,10,12H2,1-2H3,(H,21,26)(H,22,23). The Labute approximate surface area is 152 Å². The number of H-pyrrole nitrogens is 1. The zero-order valence-corrected chi connectivity index (χ0v) is 15.1. The molecule has 2 heterocycles. The highest BCUT2D eigenvalue weighted by Gasteiger charge is 2.33. The van der Waals surface area contributed by atoms with Crippen molar-refractivity contribution >= 4 is 28.4 Å². The Bertz CT molecular complexity index is 917. The molecule has 0 aliphatic carbocycles. The smallest absolute Gasteiger partial charge is 0.322 e. The fourth-order valence-electron chi connectivity index (χ4n) is 3.55. The second-order valence-corrected chi connectivity index (χ2v) is 6.69. The van der Waals surface area contributed by atoms with E-state index >= 15 is 0 Å². The SMILES string of the molecule is CCCN(C)c1ccc(C2CNC(=O)N2c2ccc3nc[nH]c3c2)cc1. The van der Waals surface area contributed by atoms with Gasteiger partial charge in [-0.05, 0) is 42.3 Å². The zero-order valence-electron chi connectivity index (χ0n) is 15.1. The number of rotatable bonds is 5. The predicted octanol–water partition coefficient (Wildman–Crippen LogP) is 3.68. The minimum atomic E-state index is -0.0685. The summed E-state index contributed by atoms with van der Waals surface area (Å²) in [6.07, 6.45) is 2.78. The number of imidazole rings is 1. The summed E-state index contributed by atoms with van der Waals surface area (Å²) in [5.74, 6) is 0. The molecule has 1 aliphatic heterocycles. The van der Waals surface area contributed by atoms with E-state index < -0.39 is 0 Å². The van der Waals surface area contributed by atoms with Crippen molar-refractivity contribution in [3.05, 3.63) is 54.4 Å². The normalized spacial score (nSPS) is 16.9. The highest BCUT2D eigenvalue weighted by molar-refractivity contribution is 5.97. The van der Waals surface area contributed by atoms with Gasteiger partial charge in [-0.3, -0.25) is 4.90 Å². The molecule has 1 saturated heterocycles. The molecule has 26 heavy (non-hydrogen) atoms. The molecule has 0 spiro atoms. The van der Waals surface area contributed by atoms with Crippen LogP contribution in [0, 0.1) is 0 Å². The quantitative estimate of drug-likeness (QED) is 0.738. The van der Waals surface area contributed by atoms with Crippen LogP contribution in [0.4, 0.5) is 16.2 Å². The maximum Gasteiger partial charge on any atom is 0.322 e. The minimum absolute atomic E-state index is 0.0200. The number of hydrogen-bond donors (Lipinski definition) is 2. The van der Waals surface area contributed by atoms with Gasteiger partial charge in [-0.1, -0.05) is 19.1 Å². The Kier molecular flexibility index (Phi) is 4.24. The van der Waals surface area contributed by atoms with E-state index in [0.29, 0.717) is 6.54 Å². The van der Waals surface area contributed by atoms with E-state index in [2.05, 4.69) is 58.4 Å². The number of amides is 2. The fraction of sp³-hybridized carbons (Fsp3) is 0.300. The van der Waals surface area contributed by atoms with Crippen LogP contribution in [-0.2, 0) is 0 Å². The number of anilines is 2. The van der Waals surface area contributed by atoms with Crippen LogP contribution >= 0.6 is 0 Å². The maximum absolute atomic E-state index is 12.5. The molecule has 134 valence electrons. The maximum atomic E-state index is 12.5. The first-order valence-corrected chi connectivity index (χ1v) is 8.98. The van der Waals surface area contributed by atoms with Crippen LogP contribution in [0.3, 0.4) is 0 Å². The minimum Gasteiger partial charge on any atom is -0.375 e. The van der Waals surface area contributed by atoms with E-state index in [-0.39, 0.29) is 12.1 Å². The molecule has 0 radical (unpaired) electrons. The van der Waals surface area contributed by atoms with Crippen molar-refractivity contribution in [3.8, 4) is 0 Å². The van der Waals surface area contributed by atoms with Crippen molar-refractivity contribution in [1.29, 1.82) is 0 Å². The third kappa shape index (κ3) is 2.87. The first-order chi connectivity index (χ1) is 12.7. The number of carbonyl (C=O) groups excluding carboxylic acids is 1. The zero-order chi connectivity index (χ0) is 18.1. The third-order valence-electron chi connectivity index (χ3n) is 4.94. The number of carbonyl (C=O) groups is 1. The van der Waals surface area contributed by atoms with E-state index in [0.717, 1.165) is 35.2 Å². The lowest BCUT2D eigenvalue weighted by Gasteiger charge is -2.24. The van der Waals surface area contributed by atoms with Crippen LogP contribution in [-0.4, -0.2) is 36.1 Å². The average Bonchev–Trinajstić information content (AvgIpc) is 3.27. The van der Waals surface area contributed by atoms with E-state index in [1.807, 2.05) is 23.1 Å². The molecule has 2 N–H and O–H groups in total. The van der Waals surface area contributed by atoms with Gasteiger partial charge in [0.1, 0.15) is 0 Å². The van der Waals surface area contributed by atoms with Gasteiger partial charge < -0.3 is 15.2 Å². The van der Waals surface area contributed by atoms with Crippen LogP contribution in [0.5, 0.6) is 0 Å². The summed E-state index contributed by atoms with van der Waals surface area (Å²) in [6.45, 7) is 3.80.